The first-order chi connectivity index (χ1) is 14.8. The fourth-order valence-electron chi connectivity index (χ4n) is 3.98. The van der Waals surface area contributed by atoms with Crippen molar-refractivity contribution < 1.29 is 43.9 Å². The van der Waals surface area contributed by atoms with Gasteiger partial charge < -0.3 is 29.5 Å². The van der Waals surface area contributed by atoms with Gasteiger partial charge in [0.2, 0.25) is 0 Å². The van der Waals surface area contributed by atoms with Crippen molar-refractivity contribution in [1.29, 1.82) is 0 Å². The zero-order chi connectivity index (χ0) is 24.8. The summed E-state index contributed by atoms with van der Waals surface area (Å²) in [5.41, 5.74) is -1.06. The maximum Gasteiger partial charge on any atom is 0.336 e. The van der Waals surface area contributed by atoms with Crippen LogP contribution in [0.15, 0.2) is 49.1 Å². The third-order valence-corrected chi connectivity index (χ3v) is 5.79. The maximum atomic E-state index is 12.6. The highest BCUT2D eigenvalue weighted by Crippen LogP contribution is 2.50. The number of rotatable bonds is 10. The Morgan fingerprint density at radius 3 is 2.28 bits per heavy atom. The average molecular weight is 453 g/mol. The molecule has 32 heavy (non-hydrogen) atoms. The maximum absolute atomic E-state index is 12.6. The van der Waals surface area contributed by atoms with Gasteiger partial charge in [0.1, 0.15) is 18.8 Å². The summed E-state index contributed by atoms with van der Waals surface area (Å²) in [6.07, 6.45) is -2.25. The molecule has 1 aliphatic carbocycles. The highest BCUT2D eigenvalue weighted by atomic mass is 16.6. The molecule has 0 aromatic heterocycles. The zero-order valence-corrected chi connectivity index (χ0v) is 18.7. The lowest BCUT2D eigenvalue weighted by Crippen LogP contribution is -2.54. The van der Waals surface area contributed by atoms with E-state index in [1.54, 1.807) is 13.0 Å². The van der Waals surface area contributed by atoms with Gasteiger partial charge in [-0.2, -0.15) is 0 Å². The molecule has 6 atom stereocenters. The summed E-state index contributed by atoms with van der Waals surface area (Å²) in [5.74, 6) is -4.27. The topological polar surface area (TPSA) is 140 Å². The van der Waals surface area contributed by atoms with Crippen molar-refractivity contribution in [1.82, 2.24) is 0 Å². The van der Waals surface area contributed by atoms with Crippen molar-refractivity contribution in [3.63, 3.8) is 0 Å². The summed E-state index contributed by atoms with van der Waals surface area (Å²) in [5, 5.41) is 30.8. The van der Waals surface area contributed by atoms with Crippen LogP contribution in [-0.2, 0) is 28.6 Å². The highest BCUT2D eigenvalue weighted by molar-refractivity contribution is 5.90. The fraction of sp³-hybridized carbons (Fsp3) is 0.522. The van der Waals surface area contributed by atoms with Gasteiger partial charge in [0.05, 0.1) is 31.3 Å². The Morgan fingerprint density at radius 1 is 1.22 bits per heavy atom. The van der Waals surface area contributed by atoms with Crippen LogP contribution in [0.3, 0.4) is 0 Å². The minimum Gasteiger partial charge on any atom is -0.466 e. The quantitative estimate of drug-likeness (QED) is 0.190. The standard InChI is InChI=1S/C23H32O9/c1-8-23(6)9-17(32-22(29)13(3)16(26)11-31-15(5)25)18(14(4)21(28)30-7)20(27)19(23)12(2)10-24/h8,16-20,24,26-27H,1-4,9-11H2,5-7H3/t16-,17-,18-,19+,20-,23-/m0/s1. The molecule has 0 bridgehead atoms. The molecule has 0 amide bonds. The number of aliphatic hydroxyl groups is 3. The Labute approximate surface area is 187 Å². The second-order valence-corrected chi connectivity index (χ2v) is 8.03. The van der Waals surface area contributed by atoms with Gasteiger partial charge in [0.25, 0.3) is 0 Å². The molecule has 178 valence electrons. The molecule has 9 nitrogen and oxygen atoms in total. The SMILES string of the molecule is C=C[C@@]1(C)C[C@H](OC(=O)C(=C)[C@@H](O)COC(C)=O)[C@H](C(=C)C(=O)OC)[C@H](O)[C@H]1C(=C)CO. The van der Waals surface area contributed by atoms with E-state index in [4.69, 9.17) is 9.47 Å². The van der Waals surface area contributed by atoms with Crippen molar-refractivity contribution >= 4 is 17.9 Å². The summed E-state index contributed by atoms with van der Waals surface area (Å²) in [6, 6.07) is 0. The summed E-state index contributed by atoms with van der Waals surface area (Å²) in [6.45, 7) is 16.8. The Bertz CT molecular complexity index is 799. The summed E-state index contributed by atoms with van der Waals surface area (Å²) >= 11 is 0. The van der Waals surface area contributed by atoms with E-state index >= 15 is 0 Å². The first-order valence-electron chi connectivity index (χ1n) is 9.93. The Balaban J connectivity index is 3.28. The van der Waals surface area contributed by atoms with Crippen molar-refractivity contribution in [2.45, 2.75) is 38.6 Å². The van der Waals surface area contributed by atoms with E-state index in [1.807, 2.05) is 0 Å². The predicted molar refractivity (Wildman–Crippen MR) is 115 cm³/mol. The van der Waals surface area contributed by atoms with Crippen LogP contribution in [0.4, 0.5) is 0 Å². The van der Waals surface area contributed by atoms with Crippen LogP contribution in [0, 0.1) is 17.3 Å². The van der Waals surface area contributed by atoms with Gasteiger partial charge >= 0.3 is 17.9 Å². The van der Waals surface area contributed by atoms with Gasteiger partial charge in [-0.1, -0.05) is 32.7 Å². The first-order valence-corrected chi connectivity index (χ1v) is 9.93. The Hall–Kier alpha value is -2.75. The lowest BCUT2D eigenvalue weighted by molar-refractivity contribution is -0.163. The van der Waals surface area contributed by atoms with E-state index in [-0.39, 0.29) is 17.6 Å². The van der Waals surface area contributed by atoms with Gasteiger partial charge in [0, 0.05) is 18.4 Å². The number of carbonyl (C=O) groups is 3. The molecule has 0 radical (unpaired) electrons. The second-order valence-electron chi connectivity index (χ2n) is 8.03. The summed E-state index contributed by atoms with van der Waals surface area (Å²) < 4.78 is 14.9. The number of ether oxygens (including phenoxy) is 3. The summed E-state index contributed by atoms with van der Waals surface area (Å²) in [7, 11) is 1.15. The minimum absolute atomic E-state index is 0.0942. The number of carbonyl (C=O) groups excluding carboxylic acids is 3. The zero-order valence-electron chi connectivity index (χ0n) is 18.7. The second kappa shape index (κ2) is 11.2. The van der Waals surface area contributed by atoms with Crippen molar-refractivity contribution in [3.05, 3.63) is 49.1 Å². The molecule has 1 saturated carbocycles. The highest BCUT2D eigenvalue weighted by Gasteiger charge is 2.53. The van der Waals surface area contributed by atoms with E-state index in [0.29, 0.717) is 5.57 Å². The first kappa shape index (κ1) is 27.3. The molecule has 0 spiro atoms. The number of methoxy groups -OCH3 is 1. The molecule has 0 aromatic carbocycles. The van der Waals surface area contributed by atoms with Crippen molar-refractivity contribution in [3.8, 4) is 0 Å². The molecular weight excluding hydrogens is 420 g/mol. The molecule has 1 fully saturated rings. The number of hydrogen-bond donors (Lipinski definition) is 3. The van der Waals surface area contributed by atoms with E-state index in [2.05, 4.69) is 31.1 Å². The Morgan fingerprint density at radius 2 is 1.81 bits per heavy atom. The molecule has 3 N–H and O–H groups in total. The van der Waals surface area contributed by atoms with Crippen LogP contribution in [0.25, 0.3) is 0 Å². The molecule has 0 saturated heterocycles. The van der Waals surface area contributed by atoms with Gasteiger partial charge in [-0.05, 0) is 17.4 Å². The van der Waals surface area contributed by atoms with E-state index < -0.39 is 66.7 Å². The number of aliphatic hydroxyl groups excluding tert-OH is 3. The van der Waals surface area contributed by atoms with Gasteiger partial charge in [-0.3, -0.25) is 4.79 Å². The molecule has 1 aliphatic rings. The molecule has 0 unspecified atom stereocenters. The van der Waals surface area contributed by atoms with Gasteiger partial charge in [0.15, 0.2) is 0 Å². The lowest BCUT2D eigenvalue weighted by atomic mass is 9.58. The molecule has 9 heteroatoms. The number of hydrogen-bond acceptors (Lipinski definition) is 9. The minimum atomic E-state index is -1.50. The summed E-state index contributed by atoms with van der Waals surface area (Å²) in [4.78, 5) is 35.8. The van der Waals surface area contributed by atoms with E-state index in [0.717, 1.165) is 14.0 Å². The number of allylic oxidation sites excluding steroid dienone is 1. The molecule has 0 aromatic rings. The van der Waals surface area contributed by atoms with Crippen LogP contribution in [0.5, 0.6) is 0 Å². The predicted octanol–water partition coefficient (Wildman–Crippen LogP) is 0.845. The average Bonchev–Trinajstić information content (AvgIpc) is 2.75. The smallest absolute Gasteiger partial charge is 0.336 e. The van der Waals surface area contributed by atoms with Crippen molar-refractivity contribution in [2.24, 2.45) is 17.3 Å². The van der Waals surface area contributed by atoms with Crippen LogP contribution >= 0.6 is 0 Å². The molecule has 1 rings (SSSR count). The largest absolute Gasteiger partial charge is 0.466 e. The normalized spacial score (nSPS) is 28.1. The van der Waals surface area contributed by atoms with Gasteiger partial charge in [-0.25, -0.2) is 9.59 Å². The third-order valence-electron chi connectivity index (χ3n) is 5.79. The molecular formula is C23H32O9. The third kappa shape index (κ3) is 5.93. The lowest BCUT2D eigenvalue weighted by Gasteiger charge is -2.50. The van der Waals surface area contributed by atoms with Crippen LogP contribution in [-0.4, -0.2) is 71.9 Å². The fourth-order valence-corrected chi connectivity index (χ4v) is 3.98. The van der Waals surface area contributed by atoms with Crippen molar-refractivity contribution in [2.75, 3.05) is 20.3 Å². The monoisotopic (exact) mass is 452 g/mol. The van der Waals surface area contributed by atoms with Gasteiger partial charge in [-0.15, -0.1) is 6.58 Å². The number of esters is 3. The van der Waals surface area contributed by atoms with E-state index in [9.17, 15) is 29.7 Å². The molecule has 0 aliphatic heterocycles. The molecule has 0 heterocycles. The van der Waals surface area contributed by atoms with Crippen LogP contribution in [0.2, 0.25) is 0 Å². The van der Waals surface area contributed by atoms with Crippen LogP contribution < -0.4 is 0 Å². The van der Waals surface area contributed by atoms with E-state index in [1.165, 1.54) is 0 Å². The van der Waals surface area contributed by atoms with Crippen LogP contribution in [0.1, 0.15) is 20.3 Å². The Kier molecular flexibility index (Phi) is 9.56.